The van der Waals surface area contributed by atoms with Crippen LogP contribution in [0, 0.1) is 11.8 Å². The Morgan fingerprint density at radius 2 is 1.64 bits per heavy atom. The first-order chi connectivity index (χ1) is 10.7. The third-order valence-electron chi connectivity index (χ3n) is 4.26. The smallest absolute Gasteiger partial charge is 0.320 e. The van der Waals surface area contributed by atoms with Gasteiger partial charge in [-0.05, 0) is 37.4 Å². The first kappa shape index (κ1) is 16.5. The average Bonchev–Trinajstić information content (AvgIpc) is 2.57. The highest BCUT2D eigenvalue weighted by Gasteiger charge is 2.38. The third-order valence-corrected chi connectivity index (χ3v) is 4.26. The molecule has 5 nitrogen and oxygen atoms in total. The molecular formula is C17H23NO4. The van der Waals surface area contributed by atoms with Gasteiger partial charge in [0, 0.05) is 6.54 Å². The Kier molecular flexibility index (Phi) is 5.95. The van der Waals surface area contributed by atoms with E-state index in [4.69, 9.17) is 9.47 Å². The number of piperidine rings is 1. The van der Waals surface area contributed by atoms with Crippen LogP contribution in [0.2, 0.25) is 0 Å². The van der Waals surface area contributed by atoms with E-state index < -0.39 is 17.9 Å². The van der Waals surface area contributed by atoms with Crippen LogP contribution in [0.3, 0.4) is 0 Å². The maximum Gasteiger partial charge on any atom is 0.320 e. The quantitative estimate of drug-likeness (QED) is 0.614. The molecule has 0 atom stereocenters. The van der Waals surface area contributed by atoms with E-state index in [-0.39, 0.29) is 5.92 Å². The predicted molar refractivity (Wildman–Crippen MR) is 82.0 cm³/mol. The van der Waals surface area contributed by atoms with Crippen LogP contribution in [0.15, 0.2) is 30.3 Å². The number of benzene rings is 1. The Balaban J connectivity index is 1.92. The lowest BCUT2D eigenvalue weighted by molar-refractivity contribution is -0.162. The maximum atomic E-state index is 11.8. The molecule has 0 aromatic heterocycles. The van der Waals surface area contributed by atoms with Crippen molar-refractivity contribution in [1.82, 2.24) is 4.90 Å². The molecule has 0 radical (unpaired) electrons. The minimum Gasteiger partial charge on any atom is -0.468 e. The van der Waals surface area contributed by atoms with Crippen LogP contribution in [0.5, 0.6) is 0 Å². The monoisotopic (exact) mass is 305 g/mol. The van der Waals surface area contributed by atoms with Gasteiger partial charge < -0.3 is 9.47 Å². The van der Waals surface area contributed by atoms with Gasteiger partial charge in [-0.3, -0.25) is 14.5 Å². The van der Waals surface area contributed by atoms with Crippen LogP contribution in [-0.2, 0) is 25.6 Å². The zero-order valence-electron chi connectivity index (χ0n) is 13.2. The summed E-state index contributed by atoms with van der Waals surface area (Å²) in [6.45, 7) is 2.63. The molecule has 0 amide bonds. The third kappa shape index (κ3) is 4.07. The van der Waals surface area contributed by atoms with Gasteiger partial charge in [-0.1, -0.05) is 30.3 Å². The Hall–Kier alpha value is -1.88. The Morgan fingerprint density at radius 3 is 2.14 bits per heavy atom. The summed E-state index contributed by atoms with van der Waals surface area (Å²) >= 11 is 0. The lowest BCUT2D eigenvalue weighted by atomic mass is 9.84. The van der Waals surface area contributed by atoms with Gasteiger partial charge in [0.15, 0.2) is 5.92 Å². The molecule has 0 spiro atoms. The molecule has 0 aliphatic carbocycles. The van der Waals surface area contributed by atoms with Gasteiger partial charge in [-0.2, -0.15) is 0 Å². The normalized spacial score (nSPS) is 16.5. The van der Waals surface area contributed by atoms with Crippen molar-refractivity contribution in [3.63, 3.8) is 0 Å². The Morgan fingerprint density at radius 1 is 1.09 bits per heavy atom. The highest BCUT2D eigenvalue weighted by Crippen LogP contribution is 2.27. The topological polar surface area (TPSA) is 55.8 Å². The van der Waals surface area contributed by atoms with Crippen molar-refractivity contribution in [2.24, 2.45) is 11.8 Å². The van der Waals surface area contributed by atoms with Gasteiger partial charge in [0.1, 0.15) is 0 Å². The molecule has 1 fully saturated rings. The van der Waals surface area contributed by atoms with E-state index >= 15 is 0 Å². The van der Waals surface area contributed by atoms with Crippen molar-refractivity contribution in [1.29, 1.82) is 0 Å². The maximum absolute atomic E-state index is 11.8. The number of ether oxygens (including phenoxy) is 2. The molecular weight excluding hydrogens is 282 g/mol. The molecule has 5 heteroatoms. The molecule has 0 saturated carbocycles. The molecule has 120 valence electrons. The second-order valence-corrected chi connectivity index (χ2v) is 5.62. The number of hydrogen-bond donors (Lipinski definition) is 0. The summed E-state index contributed by atoms with van der Waals surface area (Å²) in [5.74, 6) is -1.79. The molecule has 2 rings (SSSR count). The SMILES string of the molecule is COC(=O)C(C(=O)OC)C1CCN(Cc2ccccc2)CC1. The van der Waals surface area contributed by atoms with Crippen LogP contribution >= 0.6 is 0 Å². The van der Waals surface area contributed by atoms with Crippen LogP contribution in [0.25, 0.3) is 0 Å². The van der Waals surface area contributed by atoms with Gasteiger partial charge in [0.25, 0.3) is 0 Å². The summed E-state index contributed by atoms with van der Waals surface area (Å²) in [5, 5.41) is 0. The minimum atomic E-state index is -0.797. The molecule has 1 aromatic rings. The zero-order valence-corrected chi connectivity index (χ0v) is 13.2. The summed E-state index contributed by atoms with van der Waals surface area (Å²) in [6, 6.07) is 10.3. The summed E-state index contributed by atoms with van der Waals surface area (Å²) in [7, 11) is 2.62. The number of carbonyl (C=O) groups is 2. The summed E-state index contributed by atoms with van der Waals surface area (Å²) in [6.07, 6.45) is 1.59. The van der Waals surface area contributed by atoms with Crippen molar-refractivity contribution in [3.05, 3.63) is 35.9 Å². The van der Waals surface area contributed by atoms with Crippen molar-refractivity contribution < 1.29 is 19.1 Å². The van der Waals surface area contributed by atoms with Crippen LogP contribution in [0.4, 0.5) is 0 Å². The molecule has 1 aromatic carbocycles. The number of carbonyl (C=O) groups excluding carboxylic acids is 2. The van der Waals surface area contributed by atoms with Gasteiger partial charge in [0.05, 0.1) is 14.2 Å². The van der Waals surface area contributed by atoms with E-state index in [0.717, 1.165) is 32.5 Å². The average molecular weight is 305 g/mol. The lowest BCUT2D eigenvalue weighted by Crippen LogP contribution is -2.41. The van der Waals surface area contributed by atoms with Gasteiger partial charge in [0.2, 0.25) is 0 Å². The first-order valence-electron chi connectivity index (χ1n) is 7.57. The molecule has 0 bridgehead atoms. The summed E-state index contributed by atoms with van der Waals surface area (Å²) < 4.78 is 9.52. The van der Waals surface area contributed by atoms with Crippen LogP contribution < -0.4 is 0 Å². The van der Waals surface area contributed by atoms with Gasteiger partial charge in [-0.25, -0.2) is 0 Å². The first-order valence-corrected chi connectivity index (χ1v) is 7.57. The van der Waals surface area contributed by atoms with Crippen molar-refractivity contribution in [3.8, 4) is 0 Å². The van der Waals surface area contributed by atoms with Crippen molar-refractivity contribution in [2.75, 3.05) is 27.3 Å². The van der Waals surface area contributed by atoms with Crippen LogP contribution in [-0.4, -0.2) is 44.1 Å². The van der Waals surface area contributed by atoms with E-state index in [2.05, 4.69) is 17.0 Å². The highest BCUT2D eigenvalue weighted by atomic mass is 16.5. The number of nitrogens with zero attached hydrogens (tertiary/aromatic N) is 1. The summed E-state index contributed by atoms with van der Waals surface area (Å²) in [4.78, 5) is 26.0. The van der Waals surface area contributed by atoms with Crippen molar-refractivity contribution in [2.45, 2.75) is 19.4 Å². The molecule has 22 heavy (non-hydrogen) atoms. The number of methoxy groups -OCH3 is 2. The fourth-order valence-corrected chi connectivity index (χ4v) is 3.02. The molecule has 1 heterocycles. The van der Waals surface area contributed by atoms with E-state index in [0.29, 0.717) is 0 Å². The van der Waals surface area contributed by atoms with E-state index in [1.54, 1.807) is 0 Å². The standard InChI is InChI=1S/C17H23NO4/c1-21-16(19)15(17(20)22-2)14-8-10-18(11-9-14)12-13-6-4-3-5-7-13/h3-7,14-15H,8-12H2,1-2H3. The number of hydrogen-bond acceptors (Lipinski definition) is 5. The minimum absolute atomic E-state index is 0.00748. The highest BCUT2D eigenvalue weighted by molar-refractivity contribution is 5.95. The number of esters is 2. The van der Waals surface area contributed by atoms with Gasteiger partial charge in [-0.15, -0.1) is 0 Å². The second kappa shape index (κ2) is 7.94. The molecule has 1 aliphatic rings. The van der Waals surface area contributed by atoms with Crippen LogP contribution in [0.1, 0.15) is 18.4 Å². The molecule has 0 N–H and O–H groups in total. The molecule has 1 aliphatic heterocycles. The van der Waals surface area contributed by atoms with E-state index in [1.807, 2.05) is 18.2 Å². The largest absolute Gasteiger partial charge is 0.468 e. The number of rotatable bonds is 5. The number of likely N-dealkylation sites (tertiary alicyclic amines) is 1. The molecule has 0 unspecified atom stereocenters. The molecule has 1 saturated heterocycles. The predicted octanol–water partition coefficient (Wildman–Crippen LogP) is 1.86. The fraction of sp³-hybridized carbons (Fsp3) is 0.529. The Bertz CT molecular complexity index is 479. The second-order valence-electron chi connectivity index (χ2n) is 5.62. The van der Waals surface area contributed by atoms with Gasteiger partial charge >= 0.3 is 11.9 Å². The zero-order chi connectivity index (χ0) is 15.9. The van der Waals surface area contributed by atoms with E-state index in [9.17, 15) is 9.59 Å². The lowest BCUT2D eigenvalue weighted by Gasteiger charge is -2.34. The Labute approximate surface area is 131 Å². The fourth-order valence-electron chi connectivity index (χ4n) is 3.02. The van der Waals surface area contributed by atoms with Crippen molar-refractivity contribution >= 4 is 11.9 Å². The summed E-state index contributed by atoms with van der Waals surface area (Å²) in [5.41, 5.74) is 1.28. The van der Waals surface area contributed by atoms with E-state index in [1.165, 1.54) is 19.8 Å².